The molecule has 1 nitrogen and oxygen atoms in total. The summed E-state index contributed by atoms with van der Waals surface area (Å²) in [6, 6.07) is 8.23. The van der Waals surface area contributed by atoms with Crippen molar-refractivity contribution in [2.24, 2.45) is 5.73 Å². The van der Waals surface area contributed by atoms with Crippen LogP contribution in [0, 0.1) is 5.82 Å². The van der Waals surface area contributed by atoms with Crippen LogP contribution in [0.1, 0.15) is 16.5 Å². The molecule has 86 valence electrons. The Morgan fingerprint density at radius 2 is 2.06 bits per heavy atom. The van der Waals surface area contributed by atoms with Gasteiger partial charge in [0.05, 0.1) is 11.1 Å². The van der Waals surface area contributed by atoms with Crippen molar-refractivity contribution < 1.29 is 4.39 Å². The third-order valence-electron chi connectivity index (χ3n) is 2.15. The van der Waals surface area contributed by atoms with E-state index in [2.05, 4.69) is 0 Å². The maximum absolute atomic E-state index is 13.2. The fraction of sp³-hybridized carbons (Fsp3) is 0.0909. The molecule has 0 aliphatic rings. The Kier molecular flexibility index (Phi) is 4.74. The van der Waals surface area contributed by atoms with Gasteiger partial charge >= 0.3 is 0 Å². The van der Waals surface area contributed by atoms with Crippen molar-refractivity contribution >= 4 is 35.3 Å². The zero-order chi connectivity index (χ0) is 10.8. The fourth-order valence-corrected chi connectivity index (χ4v) is 2.21. The molecule has 0 unspecified atom stereocenters. The molecule has 0 saturated heterocycles. The number of thiophene rings is 1. The quantitative estimate of drug-likeness (QED) is 0.882. The third kappa shape index (κ3) is 2.74. The Hall–Kier alpha value is -0.610. The summed E-state index contributed by atoms with van der Waals surface area (Å²) >= 11 is 7.15. The van der Waals surface area contributed by atoms with Gasteiger partial charge in [-0.2, -0.15) is 0 Å². The van der Waals surface area contributed by atoms with Gasteiger partial charge in [0.2, 0.25) is 0 Å². The molecule has 0 bridgehead atoms. The van der Waals surface area contributed by atoms with E-state index in [1.807, 2.05) is 17.5 Å². The van der Waals surface area contributed by atoms with E-state index in [9.17, 15) is 4.39 Å². The first kappa shape index (κ1) is 13.5. The maximum Gasteiger partial charge on any atom is 0.142 e. The van der Waals surface area contributed by atoms with Crippen molar-refractivity contribution in [1.29, 1.82) is 0 Å². The lowest BCUT2D eigenvalue weighted by atomic mass is 10.1. The lowest BCUT2D eigenvalue weighted by molar-refractivity contribution is 0.624. The van der Waals surface area contributed by atoms with Gasteiger partial charge in [0.25, 0.3) is 0 Å². The van der Waals surface area contributed by atoms with Gasteiger partial charge in [-0.05, 0) is 29.1 Å². The van der Waals surface area contributed by atoms with E-state index >= 15 is 0 Å². The van der Waals surface area contributed by atoms with Crippen LogP contribution in [0.4, 0.5) is 4.39 Å². The second-order valence-electron chi connectivity index (χ2n) is 3.17. The van der Waals surface area contributed by atoms with E-state index in [4.69, 9.17) is 17.3 Å². The molecule has 2 rings (SSSR count). The Morgan fingerprint density at radius 3 is 2.62 bits per heavy atom. The summed E-state index contributed by atoms with van der Waals surface area (Å²) in [5.74, 6) is -0.429. The van der Waals surface area contributed by atoms with Crippen LogP contribution in [0.15, 0.2) is 35.7 Å². The van der Waals surface area contributed by atoms with Gasteiger partial charge in [-0.15, -0.1) is 23.7 Å². The van der Waals surface area contributed by atoms with Gasteiger partial charge in [0.15, 0.2) is 0 Å². The highest BCUT2D eigenvalue weighted by atomic mass is 35.5. The SMILES string of the molecule is Cl.N[C@@H](c1ccc(Cl)c(F)c1)c1cccs1. The van der Waals surface area contributed by atoms with Crippen molar-refractivity contribution in [2.75, 3.05) is 0 Å². The molecule has 1 aromatic heterocycles. The van der Waals surface area contributed by atoms with Crippen molar-refractivity contribution in [2.45, 2.75) is 6.04 Å². The monoisotopic (exact) mass is 277 g/mol. The molecule has 16 heavy (non-hydrogen) atoms. The van der Waals surface area contributed by atoms with Crippen LogP contribution in [0.5, 0.6) is 0 Å². The third-order valence-corrected chi connectivity index (χ3v) is 3.41. The van der Waals surface area contributed by atoms with Gasteiger partial charge in [0, 0.05) is 4.88 Å². The molecule has 2 aromatic rings. The van der Waals surface area contributed by atoms with Crippen molar-refractivity contribution in [3.8, 4) is 0 Å². The van der Waals surface area contributed by atoms with Gasteiger partial charge in [-0.25, -0.2) is 4.39 Å². The second kappa shape index (κ2) is 5.64. The predicted octanol–water partition coefficient (Wildman–Crippen LogP) is 4.01. The van der Waals surface area contributed by atoms with Crippen LogP contribution >= 0.6 is 35.3 Å². The first-order chi connectivity index (χ1) is 7.18. The van der Waals surface area contributed by atoms with Crippen molar-refractivity contribution in [3.63, 3.8) is 0 Å². The second-order valence-corrected chi connectivity index (χ2v) is 4.55. The molecule has 0 radical (unpaired) electrons. The standard InChI is InChI=1S/C11H9ClFNS.ClH/c12-8-4-3-7(6-9(8)13)11(14)10-2-1-5-15-10;/h1-6,11H,14H2;1H/t11-;/m0./s1. The molecule has 0 aliphatic heterocycles. The van der Waals surface area contributed by atoms with Crippen LogP contribution in [0.25, 0.3) is 0 Å². The van der Waals surface area contributed by atoms with Crippen LogP contribution in [-0.4, -0.2) is 0 Å². The molecular formula is C11H10Cl2FNS. The molecule has 0 fully saturated rings. The zero-order valence-corrected chi connectivity index (χ0v) is 10.6. The Balaban J connectivity index is 0.00000128. The lowest BCUT2D eigenvalue weighted by Gasteiger charge is -2.10. The summed E-state index contributed by atoms with van der Waals surface area (Å²) in [7, 11) is 0. The molecular weight excluding hydrogens is 268 g/mol. The van der Waals surface area contributed by atoms with E-state index in [1.165, 1.54) is 12.1 Å². The Morgan fingerprint density at radius 1 is 1.31 bits per heavy atom. The van der Waals surface area contributed by atoms with E-state index < -0.39 is 5.82 Å². The molecule has 1 heterocycles. The van der Waals surface area contributed by atoms with Gasteiger partial charge in [-0.3, -0.25) is 0 Å². The summed E-state index contributed by atoms with van der Waals surface area (Å²) in [5, 5.41) is 2.07. The molecule has 5 heteroatoms. The van der Waals surface area contributed by atoms with E-state index in [1.54, 1.807) is 17.4 Å². The number of rotatable bonds is 2. The van der Waals surface area contributed by atoms with E-state index in [0.29, 0.717) is 0 Å². The zero-order valence-electron chi connectivity index (χ0n) is 8.19. The minimum atomic E-state index is -0.429. The topological polar surface area (TPSA) is 26.0 Å². The van der Waals surface area contributed by atoms with Gasteiger partial charge < -0.3 is 5.73 Å². The highest BCUT2D eigenvalue weighted by Crippen LogP contribution is 2.26. The van der Waals surface area contributed by atoms with E-state index in [-0.39, 0.29) is 23.5 Å². The van der Waals surface area contributed by atoms with Gasteiger partial charge in [-0.1, -0.05) is 23.7 Å². The number of hydrogen-bond acceptors (Lipinski definition) is 2. The molecule has 0 spiro atoms. The van der Waals surface area contributed by atoms with Crippen LogP contribution in [-0.2, 0) is 0 Å². The van der Waals surface area contributed by atoms with Gasteiger partial charge in [0.1, 0.15) is 5.82 Å². The summed E-state index contributed by atoms with van der Waals surface area (Å²) in [6.07, 6.45) is 0. The van der Waals surface area contributed by atoms with Crippen molar-refractivity contribution in [3.05, 3.63) is 57.0 Å². The summed E-state index contributed by atoms with van der Waals surface area (Å²) in [5.41, 5.74) is 6.72. The lowest BCUT2D eigenvalue weighted by Crippen LogP contribution is -2.10. The number of halogens is 3. The minimum Gasteiger partial charge on any atom is -0.320 e. The average molecular weight is 278 g/mol. The van der Waals surface area contributed by atoms with Crippen LogP contribution in [0.2, 0.25) is 5.02 Å². The van der Waals surface area contributed by atoms with E-state index in [0.717, 1.165) is 10.4 Å². The number of benzene rings is 1. The molecule has 0 aliphatic carbocycles. The first-order valence-corrected chi connectivity index (χ1v) is 5.68. The predicted molar refractivity (Wildman–Crippen MR) is 69.0 cm³/mol. The molecule has 0 amide bonds. The number of nitrogens with two attached hydrogens (primary N) is 1. The summed E-state index contributed by atoms with van der Waals surface area (Å²) in [4.78, 5) is 1.01. The summed E-state index contributed by atoms with van der Waals surface area (Å²) in [6.45, 7) is 0. The van der Waals surface area contributed by atoms with Crippen LogP contribution in [0.3, 0.4) is 0 Å². The maximum atomic E-state index is 13.2. The average Bonchev–Trinajstić information content (AvgIpc) is 2.74. The highest BCUT2D eigenvalue weighted by Gasteiger charge is 2.11. The normalized spacial score (nSPS) is 11.9. The molecule has 2 N–H and O–H groups in total. The minimum absolute atomic E-state index is 0. The molecule has 0 saturated carbocycles. The fourth-order valence-electron chi connectivity index (χ4n) is 1.34. The summed E-state index contributed by atoms with van der Waals surface area (Å²) < 4.78 is 13.2. The Bertz CT molecular complexity index is 459. The molecule has 1 atom stereocenters. The van der Waals surface area contributed by atoms with Crippen molar-refractivity contribution in [1.82, 2.24) is 0 Å². The molecule has 1 aromatic carbocycles. The first-order valence-electron chi connectivity index (χ1n) is 4.42. The number of hydrogen-bond donors (Lipinski definition) is 1. The Labute approximate surface area is 108 Å². The largest absolute Gasteiger partial charge is 0.320 e. The smallest absolute Gasteiger partial charge is 0.142 e. The van der Waals surface area contributed by atoms with Crippen LogP contribution < -0.4 is 5.73 Å². The highest BCUT2D eigenvalue weighted by molar-refractivity contribution is 7.10.